The lowest BCUT2D eigenvalue weighted by Crippen LogP contribution is -2.45. The van der Waals surface area contributed by atoms with Crippen LogP contribution >= 0.6 is 11.9 Å². The summed E-state index contributed by atoms with van der Waals surface area (Å²) in [6, 6.07) is 16.4. The van der Waals surface area contributed by atoms with E-state index in [1.165, 1.54) is 28.6 Å². The Morgan fingerprint density at radius 1 is 1.09 bits per heavy atom. The zero-order valence-corrected chi connectivity index (χ0v) is 28.1. The van der Waals surface area contributed by atoms with Gasteiger partial charge in [0.1, 0.15) is 17.2 Å². The van der Waals surface area contributed by atoms with E-state index >= 15 is 0 Å². The topological polar surface area (TPSA) is 94.4 Å². The van der Waals surface area contributed by atoms with Gasteiger partial charge in [0.05, 0.1) is 37.0 Å². The van der Waals surface area contributed by atoms with Gasteiger partial charge >= 0.3 is 5.95 Å². The standard InChI is InChI=1S/C36H42N6O2S/c1-22(2)44-27-19-37-31(38-20-27)21-42-33(43)25-12-9-13-28(16-25)45-41-34-39-26(14-15-36(42)18-30(36)35(5,6)7)17-29(40-34)32-23(3)10-8-11-24(32)4/h8-13,16-17,19-20,22,30H,14-15,18,21H2,1-7H3,(H,39,40,41)/p+1/t30?,36-/m1/s1. The molecule has 1 fully saturated rings. The van der Waals surface area contributed by atoms with Crippen molar-refractivity contribution < 1.29 is 14.5 Å². The molecule has 1 unspecified atom stereocenters. The van der Waals surface area contributed by atoms with Crippen LogP contribution in [0.25, 0.3) is 11.3 Å². The number of aryl methyl sites for hydroxylation is 3. The molecule has 1 aliphatic heterocycles. The van der Waals surface area contributed by atoms with Crippen LogP contribution in [0.15, 0.2) is 65.8 Å². The molecule has 234 valence electrons. The molecule has 45 heavy (non-hydrogen) atoms. The molecule has 1 aliphatic carbocycles. The molecule has 2 atom stereocenters. The lowest BCUT2D eigenvalue weighted by atomic mass is 9.85. The number of anilines is 1. The van der Waals surface area contributed by atoms with Crippen molar-refractivity contribution in [1.29, 1.82) is 0 Å². The summed E-state index contributed by atoms with van der Waals surface area (Å²) in [5.74, 6) is 2.22. The number of rotatable bonds is 5. The summed E-state index contributed by atoms with van der Waals surface area (Å²) in [6.07, 6.45) is 5.87. The number of hydrogen-bond donors (Lipinski definition) is 1. The number of carbonyl (C=O) groups is 1. The van der Waals surface area contributed by atoms with Gasteiger partial charge < -0.3 is 9.64 Å². The van der Waals surface area contributed by atoms with E-state index in [1.807, 2.05) is 38.1 Å². The van der Waals surface area contributed by atoms with Gasteiger partial charge in [-0.25, -0.2) is 19.7 Å². The largest absolute Gasteiger partial charge is 0.488 e. The Hall–Kier alpha value is -3.98. The molecular formula is C36H43N6O2S+. The summed E-state index contributed by atoms with van der Waals surface area (Å²) in [5, 5.41) is 0. The Labute approximate surface area is 270 Å². The Morgan fingerprint density at radius 3 is 2.47 bits per heavy atom. The smallest absolute Gasteiger partial charge is 0.401 e. The normalized spacial score (nSPS) is 19.9. The number of hydrogen-bond acceptors (Lipinski definition) is 7. The molecule has 9 heteroatoms. The van der Waals surface area contributed by atoms with E-state index in [4.69, 9.17) is 9.72 Å². The molecule has 2 aromatic carbocycles. The molecule has 4 aromatic rings. The number of nitrogens with one attached hydrogen (secondary N) is 2. The van der Waals surface area contributed by atoms with E-state index in [0.717, 1.165) is 35.5 Å². The third-order valence-electron chi connectivity index (χ3n) is 8.96. The summed E-state index contributed by atoms with van der Waals surface area (Å²) < 4.78 is 9.21. The lowest BCUT2D eigenvalue weighted by Gasteiger charge is -2.36. The average Bonchev–Trinajstić information content (AvgIpc) is 3.74. The third-order valence-corrected chi connectivity index (χ3v) is 9.74. The van der Waals surface area contributed by atoms with Gasteiger partial charge in [0.15, 0.2) is 5.75 Å². The molecule has 1 spiro atoms. The Balaban J connectivity index is 1.44. The average molecular weight is 624 g/mol. The van der Waals surface area contributed by atoms with Crippen LogP contribution < -0.4 is 14.4 Å². The van der Waals surface area contributed by atoms with Crippen LogP contribution in [0.2, 0.25) is 0 Å². The zero-order chi connectivity index (χ0) is 31.9. The summed E-state index contributed by atoms with van der Waals surface area (Å²) in [4.78, 5) is 35.4. The van der Waals surface area contributed by atoms with Gasteiger partial charge in [-0.1, -0.05) is 50.0 Å². The number of amides is 1. The SMILES string of the molecule is Cc1cccc(C)c1-c1cc2nc([nH+]1)NSc1cccc(c1)C(=O)N(Cc1ncc(OC(C)C)cn1)[C@]1(CC2)CC1C(C)(C)C. The molecule has 2 aliphatic rings. The number of nitrogens with zero attached hydrogens (tertiary/aromatic N) is 4. The fourth-order valence-corrected chi connectivity index (χ4v) is 7.48. The fraction of sp³-hybridized carbons (Fsp3) is 0.417. The quantitative estimate of drug-likeness (QED) is 0.234. The van der Waals surface area contributed by atoms with Crippen LogP contribution in [0.1, 0.15) is 80.5 Å². The maximum absolute atomic E-state index is 14.6. The van der Waals surface area contributed by atoms with Crippen molar-refractivity contribution in [3.05, 3.63) is 89.1 Å². The number of fused-ring (bicyclic) bond motifs is 4. The summed E-state index contributed by atoms with van der Waals surface area (Å²) >= 11 is 1.45. The highest BCUT2D eigenvalue weighted by atomic mass is 32.2. The predicted octanol–water partition coefficient (Wildman–Crippen LogP) is 7.27. The van der Waals surface area contributed by atoms with Crippen molar-refractivity contribution in [1.82, 2.24) is 19.9 Å². The Morgan fingerprint density at radius 2 is 1.80 bits per heavy atom. The maximum Gasteiger partial charge on any atom is 0.401 e. The van der Waals surface area contributed by atoms with Crippen LogP contribution in [0.4, 0.5) is 5.95 Å². The molecule has 1 amide bonds. The molecule has 0 saturated heterocycles. The second kappa shape index (κ2) is 12.1. The van der Waals surface area contributed by atoms with E-state index in [9.17, 15) is 4.79 Å². The highest BCUT2D eigenvalue weighted by Crippen LogP contribution is 2.60. The first-order valence-corrected chi connectivity index (χ1v) is 16.6. The number of aromatic nitrogens is 4. The number of carbonyl (C=O) groups excluding carboxylic acids is 1. The van der Waals surface area contributed by atoms with Gasteiger partial charge in [0.25, 0.3) is 5.91 Å². The second-order valence-electron chi connectivity index (χ2n) is 13.8. The number of ether oxygens (including phenoxy) is 1. The minimum Gasteiger partial charge on any atom is -0.488 e. The first-order valence-electron chi connectivity index (χ1n) is 15.8. The molecule has 0 radical (unpaired) electrons. The first-order chi connectivity index (χ1) is 21.4. The van der Waals surface area contributed by atoms with Crippen molar-refractivity contribution in [3.8, 4) is 17.0 Å². The molecule has 1 saturated carbocycles. The van der Waals surface area contributed by atoms with Gasteiger partial charge in [-0.3, -0.25) is 4.79 Å². The first kappa shape index (κ1) is 31.0. The predicted molar refractivity (Wildman–Crippen MR) is 178 cm³/mol. The fourth-order valence-electron chi connectivity index (χ4n) is 6.83. The zero-order valence-electron chi connectivity index (χ0n) is 27.3. The van der Waals surface area contributed by atoms with E-state index in [-0.39, 0.29) is 23.0 Å². The van der Waals surface area contributed by atoms with Crippen molar-refractivity contribution in [3.63, 3.8) is 0 Å². The monoisotopic (exact) mass is 623 g/mol. The van der Waals surface area contributed by atoms with E-state index in [1.54, 1.807) is 12.4 Å². The van der Waals surface area contributed by atoms with Crippen LogP contribution in [0.3, 0.4) is 0 Å². The van der Waals surface area contributed by atoms with Crippen LogP contribution in [0.5, 0.6) is 5.75 Å². The van der Waals surface area contributed by atoms with Gasteiger partial charge in [0.2, 0.25) is 0 Å². The lowest BCUT2D eigenvalue weighted by molar-refractivity contribution is -0.351. The van der Waals surface area contributed by atoms with E-state index in [0.29, 0.717) is 35.5 Å². The van der Waals surface area contributed by atoms with Crippen LogP contribution in [-0.2, 0) is 13.0 Å². The number of H-pyrrole nitrogens is 1. The minimum atomic E-state index is -0.365. The Kier molecular flexibility index (Phi) is 8.33. The molecule has 2 aromatic heterocycles. The summed E-state index contributed by atoms with van der Waals surface area (Å²) in [5.41, 5.74) is 5.92. The number of aromatic amines is 1. The maximum atomic E-state index is 14.6. The second-order valence-corrected chi connectivity index (χ2v) is 14.6. The summed E-state index contributed by atoms with van der Waals surface area (Å²) in [7, 11) is 0. The third kappa shape index (κ3) is 6.54. The van der Waals surface area contributed by atoms with Crippen molar-refractivity contribution in [2.45, 2.75) is 90.8 Å². The van der Waals surface area contributed by atoms with Crippen molar-refractivity contribution >= 4 is 23.8 Å². The van der Waals surface area contributed by atoms with Gasteiger partial charge in [0, 0.05) is 34.0 Å². The highest BCUT2D eigenvalue weighted by Gasteiger charge is 2.63. The number of benzene rings is 2. The van der Waals surface area contributed by atoms with E-state index < -0.39 is 0 Å². The molecule has 8 nitrogen and oxygen atoms in total. The molecule has 4 bridgehead atoms. The Bertz CT molecular complexity index is 1700. The molecular weight excluding hydrogens is 581 g/mol. The van der Waals surface area contributed by atoms with Gasteiger partial charge in [-0.15, -0.1) is 0 Å². The van der Waals surface area contributed by atoms with E-state index in [2.05, 4.69) is 83.5 Å². The molecule has 6 rings (SSSR count). The highest BCUT2D eigenvalue weighted by molar-refractivity contribution is 8.00. The van der Waals surface area contributed by atoms with Gasteiger partial charge in [-0.2, -0.15) is 0 Å². The molecule has 2 N–H and O–H groups in total. The summed E-state index contributed by atoms with van der Waals surface area (Å²) in [6.45, 7) is 15.4. The minimum absolute atomic E-state index is 0.00277. The van der Waals surface area contributed by atoms with Crippen LogP contribution in [0, 0.1) is 25.2 Å². The van der Waals surface area contributed by atoms with Crippen molar-refractivity contribution in [2.75, 3.05) is 4.72 Å². The molecule has 3 heterocycles. The van der Waals surface area contributed by atoms with Crippen LogP contribution in [-0.4, -0.2) is 37.4 Å². The van der Waals surface area contributed by atoms with Gasteiger partial charge in [-0.05, 0) is 81.2 Å². The van der Waals surface area contributed by atoms with Crippen molar-refractivity contribution in [2.24, 2.45) is 11.3 Å².